The van der Waals surface area contributed by atoms with Crippen LogP contribution in [0, 0.1) is 0 Å². The zero-order valence-corrected chi connectivity index (χ0v) is 7.48. The van der Waals surface area contributed by atoms with Crippen LogP contribution < -0.4 is 5.73 Å². The Labute approximate surface area is 77.8 Å². The van der Waals surface area contributed by atoms with Crippen LogP contribution in [0.25, 0.3) is 0 Å². The molecule has 0 aliphatic carbocycles. The highest BCUT2D eigenvalue weighted by molar-refractivity contribution is 5.25. The first kappa shape index (κ1) is 10.2. The van der Waals surface area contributed by atoms with Crippen molar-refractivity contribution < 1.29 is 10.2 Å². The van der Waals surface area contributed by atoms with Crippen molar-refractivity contribution in [1.29, 1.82) is 0 Å². The summed E-state index contributed by atoms with van der Waals surface area (Å²) in [4.78, 5) is 0. The molecule has 0 saturated carbocycles. The van der Waals surface area contributed by atoms with Gasteiger partial charge in [0.25, 0.3) is 0 Å². The van der Waals surface area contributed by atoms with Crippen LogP contribution in [-0.4, -0.2) is 23.4 Å². The maximum atomic E-state index is 9.43. The lowest BCUT2D eigenvalue weighted by Gasteiger charge is -2.09. The van der Waals surface area contributed by atoms with Crippen molar-refractivity contribution in [2.24, 2.45) is 5.73 Å². The van der Waals surface area contributed by atoms with Crippen LogP contribution in [0.3, 0.4) is 0 Å². The van der Waals surface area contributed by atoms with E-state index in [1.54, 1.807) is 0 Å². The Kier molecular flexibility index (Phi) is 3.89. The molecule has 1 rings (SSSR count). The van der Waals surface area contributed by atoms with E-state index in [-0.39, 0.29) is 13.2 Å². The molecule has 0 heterocycles. The summed E-state index contributed by atoms with van der Waals surface area (Å²) < 4.78 is 0. The molecule has 1 unspecified atom stereocenters. The molecule has 3 heteroatoms. The minimum Gasteiger partial charge on any atom is -0.396 e. The van der Waals surface area contributed by atoms with E-state index in [4.69, 9.17) is 10.8 Å². The monoisotopic (exact) mass is 181 g/mol. The first-order valence-corrected chi connectivity index (χ1v) is 4.35. The predicted octanol–water partition coefficient (Wildman–Crippen LogP) is 0.213. The molecule has 0 aromatic heterocycles. The van der Waals surface area contributed by atoms with Gasteiger partial charge in [-0.25, -0.2) is 0 Å². The highest BCUT2D eigenvalue weighted by Crippen LogP contribution is 2.13. The lowest BCUT2D eigenvalue weighted by molar-refractivity contribution is 0.186. The molecule has 0 aliphatic rings. The van der Waals surface area contributed by atoms with Gasteiger partial charge in [0.05, 0.1) is 6.10 Å². The van der Waals surface area contributed by atoms with E-state index in [1.165, 1.54) is 0 Å². The van der Waals surface area contributed by atoms with Gasteiger partial charge in [-0.1, -0.05) is 24.3 Å². The Morgan fingerprint density at radius 2 is 2.15 bits per heavy atom. The molecular formula is C10H15NO2. The lowest BCUT2D eigenvalue weighted by Crippen LogP contribution is -2.11. The minimum absolute atomic E-state index is 0.127. The van der Waals surface area contributed by atoms with Gasteiger partial charge < -0.3 is 15.9 Å². The second kappa shape index (κ2) is 4.97. The molecule has 13 heavy (non-hydrogen) atoms. The first-order chi connectivity index (χ1) is 6.27. The van der Waals surface area contributed by atoms with Crippen molar-refractivity contribution in [3.8, 4) is 0 Å². The SMILES string of the molecule is NCC(O)c1cccc(CCO)c1. The summed E-state index contributed by atoms with van der Waals surface area (Å²) in [5.41, 5.74) is 7.16. The van der Waals surface area contributed by atoms with Gasteiger partial charge in [0.2, 0.25) is 0 Å². The summed E-state index contributed by atoms with van der Waals surface area (Å²) in [6.07, 6.45) is 0.0177. The molecule has 0 fully saturated rings. The summed E-state index contributed by atoms with van der Waals surface area (Å²) >= 11 is 0. The average Bonchev–Trinajstić information content (AvgIpc) is 2.18. The third-order valence-corrected chi connectivity index (χ3v) is 1.96. The number of rotatable bonds is 4. The zero-order chi connectivity index (χ0) is 9.68. The average molecular weight is 181 g/mol. The highest BCUT2D eigenvalue weighted by atomic mass is 16.3. The molecular weight excluding hydrogens is 166 g/mol. The highest BCUT2D eigenvalue weighted by Gasteiger charge is 2.04. The number of aliphatic hydroxyl groups excluding tert-OH is 2. The number of nitrogens with two attached hydrogens (primary N) is 1. The molecule has 0 bridgehead atoms. The van der Waals surface area contributed by atoms with E-state index in [1.807, 2.05) is 24.3 Å². The van der Waals surface area contributed by atoms with Gasteiger partial charge in [-0.05, 0) is 17.5 Å². The Bertz CT molecular complexity index is 263. The van der Waals surface area contributed by atoms with Crippen molar-refractivity contribution >= 4 is 0 Å². The standard InChI is InChI=1S/C10H15NO2/c11-7-10(13)9-3-1-2-8(6-9)4-5-12/h1-3,6,10,12-13H,4-5,7,11H2. The van der Waals surface area contributed by atoms with Gasteiger partial charge in [-0.2, -0.15) is 0 Å². The van der Waals surface area contributed by atoms with Gasteiger partial charge in [-0.15, -0.1) is 0 Å². The second-order valence-electron chi connectivity index (χ2n) is 2.97. The number of hydrogen-bond donors (Lipinski definition) is 3. The molecule has 1 aromatic rings. The summed E-state index contributed by atoms with van der Waals surface area (Å²) in [5.74, 6) is 0. The summed E-state index contributed by atoms with van der Waals surface area (Å²) in [6, 6.07) is 7.48. The van der Waals surface area contributed by atoms with Gasteiger partial charge in [-0.3, -0.25) is 0 Å². The van der Waals surface area contributed by atoms with E-state index in [0.29, 0.717) is 6.42 Å². The second-order valence-corrected chi connectivity index (χ2v) is 2.97. The number of benzene rings is 1. The van der Waals surface area contributed by atoms with E-state index in [0.717, 1.165) is 11.1 Å². The fourth-order valence-electron chi connectivity index (χ4n) is 1.22. The smallest absolute Gasteiger partial charge is 0.0912 e. The van der Waals surface area contributed by atoms with Gasteiger partial charge in [0.15, 0.2) is 0 Å². The first-order valence-electron chi connectivity index (χ1n) is 4.35. The van der Waals surface area contributed by atoms with Crippen molar-refractivity contribution in [3.05, 3.63) is 35.4 Å². The van der Waals surface area contributed by atoms with Gasteiger partial charge in [0.1, 0.15) is 0 Å². The normalized spacial score (nSPS) is 12.8. The lowest BCUT2D eigenvalue weighted by atomic mass is 10.0. The van der Waals surface area contributed by atoms with Crippen molar-refractivity contribution in [2.45, 2.75) is 12.5 Å². The van der Waals surface area contributed by atoms with Crippen LogP contribution in [0.5, 0.6) is 0 Å². The molecule has 0 spiro atoms. The van der Waals surface area contributed by atoms with Crippen LogP contribution in [0.2, 0.25) is 0 Å². The third kappa shape index (κ3) is 2.81. The van der Waals surface area contributed by atoms with E-state index >= 15 is 0 Å². The summed E-state index contributed by atoms with van der Waals surface area (Å²) in [7, 11) is 0. The van der Waals surface area contributed by atoms with Crippen molar-refractivity contribution in [2.75, 3.05) is 13.2 Å². The Balaban J connectivity index is 2.78. The van der Waals surface area contributed by atoms with Crippen LogP contribution in [0.15, 0.2) is 24.3 Å². The molecule has 0 radical (unpaired) electrons. The van der Waals surface area contributed by atoms with E-state index < -0.39 is 6.10 Å². The van der Waals surface area contributed by atoms with Gasteiger partial charge in [0, 0.05) is 13.2 Å². The Morgan fingerprint density at radius 3 is 2.77 bits per heavy atom. The van der Waals surface area contributed by atoms with Gasteiger partial charge >= 0.3 is 0 Å². The fourth-order valence-corrected chi connectivity index (χ4v) is 1.22. The van der Waals surface area contributed by atoms with E-state index in [2.05, 4.69) is 0 Å². The van der Waals surface area contributed by atoms with Crippen LogP contribution in [0.1, 0.15) is 17.2 Å². The Hall–Kier alpha value is -0.900. The molecule has 1 aromatic carbocycles. The molecule has 0 aliphatic heterocycles. The van der Waals surface area contributed by atoms with Crippen LogP contribution in [0.4, 0.5) is 0 Å². The molecule has 1 atom stereocenters. The molecule has 0 saturated heterocycles. The molecule has 0 amide bonds. The third-order valence-electron chi connectivity index (χ3n) is 1.96. The quantitative estimate of drug-likeness (QED) is 0.622. The summed E-state index contributed by atoms with van der Waals surface area (Å²) in [5, 5.41) is 18.2. The maximum Gasteiger partial charge on any atom is 0.0912 e. The summed E-state index contributed by atoms with van der Waals surface area (Å²) in [6.45, 7) is 0.352. The largest absolute Gasteiger partial charge is 0.396 e. The molecule has 3 nitrogen and oxygen atoms in total. The molecule has 4 N–H and O–H groups in total. The number of hydrogen-bond acceptors (Lipinski definition) is 3. The fraction of sp³-hybridized carbons (Fsp3) is 0.400. The van der Waals surface area contributed by atoms with E-state index in [9.17, 15) is 5.11 Å². The number of aliphatic hydroxyl groups is 2. The zero-order valence-electron chi connectivity index (χ0n) is 7.48. The maximum absolute atomic E-state index is 9.43. The molecule has 72 valence electrons. The van der Waals surface area contributed by atoms with Crippen LogP contribution in [-0.2, 0) is 6.42 Å². The predicted molar refractivity (Wildman–Crippen MR) is 51.2 cm³/mol. The van der Waals surface area contributed by atoms with Crippen molar-refractivity contribution in [3.63, 3.8) is 0 Å². The Morgan fingerprint density at radius 1 is 1.38 bits per heavy atom. The minimum atomic E-state index is -0.598. The van der Waals surface area contributed by atoms with Crippen molar-refractivity contribution in [1.82, 2.24) is 0 Å². The van der Waals surface area contributed by atoms with Crippen LogP contribution >= 0.6 is 0 Å². The topological polar surface area (TPSA) is 66.5 Å².